The highest BCUT2D eigenvalue weighted by Gasteiger charge is 2.42. The van der Waals surface area contributed by atoms with Gasteiger partial charge >= 0.3 is 6.18 Å². The lowest BCUT2D eigenvalue weighted by Crippen LogP contribution is -2.47. The number of rotatable bonds is 2. The Balaban J connectivity index is 1.92. The van der Waals surface area contributed by atoms with E-state index >= 15 is 0 Å². The second-order valence-electron chi connectivity index (χ2n) is 6.99. The van der Waals surface area contributed by atoms with E-state index in [1.54, 1.807) is 0 Å². The van der Waals surface area contributed by atoms with Crippen molar-refractivity contribution in [2.45, 2.75) is 38.5 Å². The van der Waals surface area contributed by atoms with E-state index < -0.39 is 36.0 Å². The van der Waals surface area contributed by atoms with Gasteiger partial charge in [0.25, 0.3) is 11.8 Å². The highest BCUT2D eigenvalue weighted by Crippen LogP contribution is 2.38. The molecule has 1 aromatic carbocycles. The lowest BCUT2D eigenvalue weighted by Gasteiger charge is -2.36. The zero-order valence-electron chi connectivity index (χ0n) is 14.0. The average Bonchev–Trinajstić information content (AvgIpc) is 2.77. The summed E-state index contributed by atoms with van der Waals surface area (Å²) >= 11 is 0. The van der Waals surface area contributed by atoms with Gasteiger partial charge in [0.1, 0.15) is 0 Å². The third-order valence-corrected chi connectivity index (χ3v) is 5.03. The van der Waals surface area contributed by atoms with Crippen molar-refractivity contribution in [3.8, 4) is 0 Å². The zero-order chi connectivity index (χ0) is 18.6. The van der Waals surface area contributed by atoms with Gasteiger partial charge in [-0.3, -0.25) is 9.69 Å². The summed E-state index contributed by atoms with van der Waals surface area (Å²) in [6.07, 6.45) is -4.31. The summed E-state index contributed by atoms with van der Waals surface area (Å²) in [7, 11) is 1.44. The zero-order valence-corrected chi connectivity index (χ0v) is 14.0. The van der Waals surface area contributed by atoms with E-state index in [1.807, 2.05) is 0 Å². The van der Waals surface area contributed by atoms with Crippen molar-refractivity contribution in [2.75, 3.05) is 20.1 Å². The monoisotopic (exact) mass is 362 g/mol. The summed E-state index contributed by atoms with van der Waals surface area (Å²) in [5.74, 6) is -4.08. The number of piperidine rings is 1. The number of halogens is 5. The Morgan fingerprint density at radius 2 is 1.96 bits per heavy atom. The maximum absolute atomic E-state index is 13.9. The molecule has 1 fully saturated rings. The molecule has 0 spiro atoms. The first-order chi connectivity index (χ1) is 11.5. The van der Waals surface area contributed by atoms with Crippen LogP contribution in [0.5, 0.6) is 0 Å². The van der Waals surface area contributed by atoms with Crippen LogP contribution in [0.25, 0.3) is 0 Å². The van der Waals surface area contributed by atoms with Crippen LogP contribution in [-0.4, -0.2) is 41.8 Å². The van der Waals surface area contributed by atoms with Gasteiger partial charge in [0.15, 0.2) is 0 Å². The van der Waals surface area contributed by atoms with E-state index in [1.165, 1.54) is 29.8 Å². The summed E-state index contributed by atoms with van der Waals surface area (Å²) in [6, 6.07) is 2.40. The van der Waals surface area contributed by atoms with Gasteiger partial charge in [0, 0.05) is 31.6 Å². The molecule has 2 heterocycles. The molecule has 1 amide bonds. The van der Waals surface area contributed by atoms with Gasteiger partial charge in [0.05, 0.1) is 12.1 Å². The minimum atomic E-state index is -4.59. The molecular weight excluding hydrogens is 343 g/mol. The van der Waals surface area contributed by atoms with Crippen molar-refractivity contribution < 1.29 is 26.7 Å². The van der Waals surface area contributed by atoms with E-state index in [0.29, 0.717) is 6.54 Å². The summed E-state index contributed by atoms with van der Waals surface area (Å²) in [4.78, 5) is 14.8. The molecule has 0 aliphatic carbocycles. The molecule has 3 rings (SSSR count). The maximum Gasteiger partial charge on any atom is 0.416 e. The van der Waals surface area contributed by atoms with Crippen LogP contribution in [0, 0.1) is 5.92 Å². The van der Waals surface area contributed by atoms with Crippen LogP contribution in [0.4, 0.5) is 22.0 Å². The molecule has 3 nitrogen and oxygen atoms in total. The smallest absolute Gasteiger partial charge is 0.337 e. The van der Waals surface area contributed by atoms with Gasteiger partial charge in [-0.05, 0) is 36.2 Å². The number of alkyl halides is 5. The second kappa shape index (κ2) is 5.93. The highest BCUT2D eigenvalue weighted by atomic mass is 19.4. The first kappa shape index (κ1) is 18.1. The fraction of sp³-hybridized carbons (Fsp3) is 0.588. The van der Waals surface area contributed by atoms with Crippen LogP contribution in [0.2, 0.25) is 0 Å². The van der Waals surface area contributed by atoms with Gasteiger partial charge in [-0.15, -0.1) is 0 Å². The topological polar surface area (TPSA) is 23.6 Å². The minimum Gasteiger partial charge on any atom is -0.337 e. The molecule has 25 heavy (non-hydrogen) atoms. The van der Waals surface area contributed by atoms with Gasteiger partial charge in [-0.2, -0.15) is 13.2 Å². The molecule has 138 valence electrons. The quantitative estimate of drug-likeness (QED) is 0.748. The van der Waals surface area contributed by atoms with Gasteiger partial charge in [-0.1, -0.05) is 6.92 Å². The van der Waals surface area contributed by atoms with Crippen LogP contribution < -0.4 is 0 Å². The molecule has 1 unspecified atom stereocenters. The summed E-state index contributed by atoms with van der Waals surface area (Å²) < 4.78 is 67.8. The fourth-order valence-corrected chi connectivity index (χ4v) is 3.47. The predicted octanol–water partition coefficient (Wildman–Crippen LogP) is 3.77. The average molecular weight is 362 g/mol. The third kappa shape index (κ3) is 3.36. The van der Waals surface area contributed by atoms with Crippen molar-refractivity contribution in [3.63, 3.8) is 0 Å². The number of likely N-dealkylation sites (tertiary alicyclic amines) is 1. The number of hydrogen-bond acceptors (Lipinski definition) is 2. The van der Waals surface area contributed by atoms with Gasteiger partial charge < -0.3 is 4.90 Å². The second-order valence-corrected chi connectivity index (χ2v) is 6.99. The number of amides is 1. The number of benzene rings is 1. The Hall–Kier alpha value is -1.70. The lowest BCUT2D eigenvalue weighted by molar-refractivity contribution is -0.138. The Morgan fingerprint density at radius 1 is 1.28 bits per heavy atom. The van der Waals surface area contributed by atoms with Crippen LogP contribution in [-0.2, 0) is 19.3 Å². The summed E-state index contributed by atoms with van der Waals surface area (Å²) in [6.45, 7) is 1.25. The third-order valence-electron chi connectivity index (χ3n) is 5.03. The normalized spacial score (nSPS) is 23.9. The standard InChI is InChI=1S/C17H19F5N2O/c1-10-3-4-24(9-16(10,18)19)7-11-5-12-13(8-23(2)15(12)25)14(6-11)17(20,21)22/h5-6,10H,3-4,7-9H2,1-2H3. The molecule has 0 radical (unpaired) electrons. The fourth-order valence-electron chi connectivity index (χ4n) is 3.47. The molecule has 0 saturated carbocycles. The Kier molecular flexibility index (Phi) is 4.29. The molecule has 1 saturated heterocycles. The van der Waals surface area contributed by atoms with E-state index in [0.717, 1.165) is 6.07 Å². The van der Waals surface area contributed by atoms with Crippen molar-refractivity contribution in [1.82, 2.24) is 9.80 Å². The molecule has 2 aliphatic heterocycles. The van der Waals surface area contributed by atoms with Crippen LogP contribution in [0.3, 0.4) is 0 Å². The van der Waals surface area contributed by atoms with E-state index in [9.17, 15) is 26.7 Å². The SMILES string of the molecule is CC1CCN(Cc2cc3c(c(C(F)(F)F)c2)CN(C)C3=O)CC1(F)F. The molecular formula is C17H19F5N2O. The Labute approximate surface area is 142 Å². The van der Waals surface area contributed by atoms with E-state index in [-0.39, 0.29) is 36.2 Å². The minimum absolute atomic E-state index is 0.0180. The largest absolute Gasteiger partial charge is 0.416 e. The summed E-state index contributed by atoms with van der Waals surface area (Å²) in [5, 5.41) is 0. The number of hydrogen-bond donors (Lipinski definition) is 0. The molecule has 2 aliphatic rings. The van der Waals surface area contributed by atoms with E-state index in [4.69, 9.17) is 0 Å². The Bertz CT molecular complexity index is 701. The van der Waals surface area contributed by atoms with Crippen molar-refractivity contribution in [3.05, 3.63) is 34.4 Å². The van der Waals surface area contributed by atoms with Crippen LogP contribution in [0.1, 0.15) is 40.4 Å². The first-order valence-corrected chi connectivity index (χ1v) is 8.07. The lowest BCUT2D eigenvalue weighted by atomic mass is 9.94. The molecule has 0 bridgehead atoms. The summed E-state index contributed by atoms with van der Waals surface area (Å²) in [5.41, 5.74) is -0.638. The van der Waals surface area contributed by atoms with Crippen molar-refractivity contribution in [2.24, 2.45) is 5.92 Å². The number of carbonyl (C=O) groups is 1. The highest BCUT2D eigenvalue weighted by molar-refractivity contribution is 5.98. The van der Waals surface area contributed by atoms with Crippen LogP contribution in [0.15, 0.2) is 12.1 Å². The predicted molar refractivity (Wildman–Crippen MR) is 81.2 cm³/mol. The maximum atomic E-state index is 13.9. The Morgan fingerprint density at radius 3 is 2.56 bits per heavy atom. The molecule has 0 aromatic heterocycles. The number of carbonyl (C=O) groups excluding carboxylic acids is 1. The van der Waals surface area contributed by atoms with E-state index in [2.05, 4.69) is 0 Å². The number of nitrogens with zero attached hydrogens (tertiary/aromatic N) is 2. The molecule has 0 N–H and O–H groups in total. The molecule has 8 heteroatoms. The van der Waals surface area contributed by atoms with Crippen molar-refractivity contribution >= 4 is 5.91 Å². The van der Waals surface area contributed by atoms with Gasteiger partial charge in [-0.25, -0.2) is 8.78 Å². The number of fused-ring (bicyclic) bond motifs is 1. The van der Waals surface area contributed by atoms with Gasteiger partial charge in [0.2, 0.25) is 0 Å². The first-order valence-electron chi connectivity index (χ1n) is 8.07. The molecule has 1 aromatic rings. The van der Waals surface area contributed by atoms with Crippen molar-refractivity contribution in [1.29, 1.82) is 0 Å². The molecule has 1 atom stereocenters. The van der Waals surface area contributed by atoms with Crippen LogP contribution >= 0.6 is 0 Å².